The van der Waals surface area contributed by atoms with Crippen LogP contribution in [-0.2, 0) is 33.4 Å². The number of nitrogens with one attached hydrogen (secondary N) is 5. The molecule has 0 aliphatic heterocycles. The minimum Gasteiger partial charge on any atom is -0.394 e. The van der Waals surface area contributed by atoms with E-state index < -0.39 is 6.04 Å². The summed E-state index contributed by atoms with van der Waals surface area (Å²) < 4.78 is 15.9. The topological polar surface area (TPSA) is 202 Å². The highest BCUT2D eigenvalue weighted by Crippen LogP contribution is 2.13. The van der Waals surface area contributed by atoms with Crippen molar-refractivity contribution in [2.45, 2.75) is 173 Å². The van der Waals surface area contributed by atoms with Gasteiger partial charge in [-0.15, -0.1) is 0 Å². The van der Waals surface area contributed by atoms with Crippen molar-refractivity contribution in [3.05, 3.63) is 0 Å². The molecule has 348 valence electrons. The van der Waals surface area contributed by atoms with Crippen molar-refractivity contribution in [1.82, 2.24) is 26.6 Å². The quantitative estimate of drug-likeness (QED) is 0.0301. The van der Waals surface area contributed by atoms with Crippen LogP contribution in [0.3, 0.4) is 0 Å². The third-order valence-corrected chi connectivity index (χ3v) is 10.4. The van der Waals surface area contributed by atoms with Gasteiger partial charge in [0.25, 0.3) is 0 Å². The summed E-state index contributed by atoms with van der Waals surface area (Å²) in [5.74, 6) is 0.859. The number of aliphatic hydroxyl groups excluding tert-OH is 1. The fourth-order valence-electron chi connectivity index (χ4n) is 6.44. The van der Waals surface area contributed by atoms with Crippen LogP contribution in [0.1, 0.15) is 161 Å². The summed E-state index contributed by atoms with van der Waals surface area (Å²) >= 11 is 4.27. The number of carbonyl (C=O) groups is 4. The van der Waals surface area contributed by atoms with Crippen molar-refractivity contribution in [2.24, 2.45) is 5.73 Å². The molecule has 59 heavy (non-hydrogen) atoms. The number of carbonyl (C=O) groups excluding carboxylic acids is 4. The van der Waals surface area contributed by atoms with Gasteiger partial charge < -0.3 is 51.6 Å². The Hall–Kier alpha value is -2.01. The Balaban J connectivity index is 3.50. The fourth-order valence-corrected chi connectivity index (χ4v) is 6.67. The monoisotopic (exact) mass is 861 g/mol. The molecule has 0 aromatic heterocycles. The van der Waals surface area contributed by atoms with E-state index in [-0.39, 0.29) is 43.4 Å². The second-order valence-electron chi connectivity index (χ2n) is 15.7. The molecule has 4 amide bonds. The SMILES string of the molecule is C[C@@H](CCCCNC(=O)[C@@H](N)CCCCNC(=O)CCCCCNC(=O)CCCCCCCCCCCCCCCS)NCCOCCOCC(=O)NCCOCCO. The summed E-state index contributed by atoms with van der Waals surface area (Å²) in [5.41, 5.74) is 6.09. The van der Waals surface area contributed by atoms with Gasteiger partial charge in [-0.1, -0.05) is 83.5 Å². The molecule has 0 saturated carbocycles. The number of nitrogens with two attached hydrogens (primary N) is 1. The number of amides is 4. The summed E-state index contributed by atoms with van der Waals surface area (Å²) in [6.07, 6.45) is 25.3. The zero-order valence-corrected chi connectivity index (χ0v) is 38.0. The third kappa shape index (κ3) is 43.9. The minimum absolute atomic E-state index is 0.0303. The highest BCUT2D eigenvalue weighted by molar-refractivity contribution is 7.80. The molecule has 15 heteroatoms. The molecule has 2 atom stereocenters. The van der Waals surface area contributed by atoms with Gasteiger partial charge in [0.1, 0.15) is 6.61 Å². The molecule has 0 bridgehead atoms. The Morgan fingerprint density at radius 2 is 0.966 bits per heavy atom. The lowest BCUT2D eigenvalue weighted by atomic mass is 10.0. The van der Waals surface area contributed by atoms with Crippen LogP contribution in [-0.4, -0.2) is 126 Å². The largest absolute Gasteiger partial charge is 0.394 e. The molecule has 0 unspecified atom stereocenters. The summed E-state index contributed by atoms with van der Waals surface area (Å²) in [5, 5.41) is 23.6. The Bertz CT molecular complexity index is 986. The second kappa shape index (κ2) is 45.5. The Labute approximate surface area is 363 Å². The van der Waals surface area contributed by atoms with Crippen LogP contribution in [0.4, 0.5) is 0 Å². The van der Waals surface area contributed by atoms with E-state index in [1.54, 1.807) is 0 Å². The van der Waals surface area contributed by atoms with Crippen LogP contribution >= 0.6 is 12.6 Å². The molecule has 0 aliphatic carbocycles. The molecular weight excluding hydrogens is 773 g/mol. The van der Waals surface area contributed by atoms with Crippen LogP contribution in [0.2, 0.25) is 0 Å². The lowest BCUT2D eigenvalue weighted by Gasteiger charge is -2.15. The van der Waals surface area contributed by atoms with Crippen molar-refractivity contribution in [3.8, 4) is 0 Å². The predicted molar refractivity (Wildman–Crippen MR) is 242 cm³/mol. The van der Waals surface area contributed by atoms with E-state index in [2.05, 4.69) is 46.1 Å². The number of ether oxygens (including phenoxy) is 3. The van der Waals surface area contributed by atoms with Gasteiger partial charge >= 0.3 is 0 Å². The van der Waals surface area contributed by atoms with E-state index in [0.717, 1.165) is 70.0 Å². The summed E-state index contributed by atoms with van der Waals surface area (Å²) in [6, 6.07) is -0.222. The average Bonchev–Trinajstić information content (AvgIpc) is 3.22. The van der Waals surface area contributed by atoms with Crippen LogP contribution in [0.25, 0.3) is 0 Å². The molecule has 0 aromatic carbocycles. The third-order valence-electron chi connectivity index (χ3n) is 10.1. The highest BCUT2D eigenvalue weighted by atomic mass is 32.1. The number of aliphatic hydroxyl groups is 1. The van der Waals surface area contributed by atoms with Crippen LogP contribution < -0.4 is 32.3 Å². The Morgan fingerprint density at radius 1 is 0.508 bits per heavy atom. The molecule has 0 rings (SSSR count). The number of hydrogen-bond acceptors (Lipinski definition) is 11. The minimum atomic E-state index is -0.546. The van der Waals surface area contributed by atoms with Crippen molar-refractivity contribution in [3.63, 3.8) is 0 Å². The lowest BCUT2D eigenvalue weighted by molar-refractivity contribution is -0.126. The molecule has 0 saturated heterocycles. The van der Waals surface area contributed by atoms with E-state index >= 15 is 0 Å². The van der Waals surface area contributed by atoms with Gasteiger partial charge in [-0.05, 0) is 70.5 Å². The van der Waals surface area contributed by atoms with E-state index in [0.29, 0.717) is 84.5 Å². The molecule has 0 radical (unpaired) electrons. The zero-order chi connectivity index (χ0) is 43.3. The normalized spacial score (nSPS) is 12.3. The van der Waals surface area contributed by atoms with Gasteiger partial charge in [0, 0.05) is 51.6 Å². The van der Waals surface area contributed by atoms with Gasteiger partial charge in [0.05, 0.1) is 45.7 Å². The smallest absolute Gasteiger partial charge is 0.246 e. The summed E-state index contributed by atoms with van der Waals surface area (Å²) in [7, 11) is 0. The van der Waals surface area contributed by atoms with Crippen molar-refractivity contribution in [2.75, 3.05) is 84.7 Å². The first-order chi connectivity index (χ1) is 28.8. The van der Waals surface area contributed by atoms with Crippen molar-refractivity contribution >= 4 is 36.3 Å². The van der Waals surface area contributed by atoms with Gasteiger partial charge in [0.2, 0.25) is 23.6 Å². The summed E-state index contributed by atoms with van der Waals surface area (Å²) in [6.45, 7) is 6.89. The number of unbranched alkanes of at least 4 members (excludes halogenated alkanes) is 16. The van der Waals surface area contributed by atoms with Crippen LogP contribution in [0.15, 0.2) is 0 Å². The van der Waals surface area contributed by atoms with Crippen LogP contribution in [0, 0.1) is 0 Å². The summed E-state index contributed by atoms with van der Waals surface area (Å²) in [4.78, 5) is 48.3. The maximum absolute atomic E-state index is 12.4. The van der Waals surface area contributed by atoms with E-state index in [1.165, 1.54) is 70.6 Å². The van der Waals surface area contributed by atoms with E-state index in [4.69, 9.17) is 25.1 Å². The Morgan fingerprint density at radius 3 is 1.56 bits per heavy atom. The van der Waals surface area contributed by atoms with Crippen molar-refractivity contribution < 1.29 is 38.5 Å². The maximum atomic E-state index is 12.4. The number of thiol groups is 1. The van der Waals surface area contributed by atoms with Crippen molar-refractivity contribution in [1.29, 1.82) is 0 Å². The molecule has 8 N–H and O–H groups in total. The first-order valence-electron chi connectivity index (χ1n) is 23.3. The van der Waals surface area contributed by atoms with Gasteiger partial charge in [-0.3, -0.25) is 19.2 Å². The van der Waals surface area contributed by atoms with Crippen LogP contribution in [0.5, 0.6) is 0 Å². The standard InChI is InChI=1S/C44H88N6O8S/c1-39(46-29-32-57-35-36-58-38-43(54)49-30-33-56-34-31-51)22-16-19-28-50-44(55)40(45)23-17-20-27-48-42(53)25-15-13-18-26-47-41(52)24-14-11-9-7-5-3-2-4-6-8-10-12-21-37-59/h39-40,46,51,59H,2-38,45H2,1H3,(H,47,52)(H,48,53)(H,49,54)(H,50,55)/t39-,40-/m0/s1. The molecule has 0 spiro atoms. The van der Waals surface area contributed by atoms with E-state index in [9.17, 15) is 19.2 Å². The number of hydrogen-bond donors (Lipinski definition) is 8. The average molecular weight is 861 g/mol. The zero-order valence-electron chi connectivity index (χ0n) is 37.1. The molecule has 0 fully saturated rings. The Kier molecular flexibility index (Phi) is 44.0. The number of rotatable bonds is 46. The molecular formula is C44H88N6O8S. The lowest BCUT2D eigenvalue weighted by Crippen LogP contribution is -2.41. The van der Waals surface area contributed by atoms with E-state index in [1.807, 2.05) is 0 Å². The first-order valence-corrected chi connectivity index (χ1v) is 23.9. The second-order valence-corrected chi connectivity index (χ2v) is 16.1. The van der Waals surface area contributed by atoms with Gasteiger partial charge in [-0.2, -0.15) is 12.6 Å². The fraction of sp³-hybridized carbons (Fsp3) is 0.909. The maximum Gasteiger partial charge on any atom is 0.246 e. The molecule has 14 nitrogen and oxygen atoms in total. The molecule has 0 heterocycles. The first kappa shape index (κ1) is 57.0. The molecule has 0 aliphatic rings. The van der Waals surface area contributed by atoms with Gasteiger partial charge in [0.15, 0.2) is 0 Å². The highest BCUT2D eigenvalue weighted by Gasteiger charge is 2.12. The molecule has 0 aromatic rings. The predicted octanol–water partition coefficient (Wildman–Crippen LogP) is 5.09. The van der Waals surface area contributed by atoms with Gasteiger partial charge in [-0.25, -0.2) is 0 Å².